The second-order valence-corrected chi connectivity index (χ2v) is 3.97. The number of amides is 1. The van der Waals surface area contributed by atoms with Crippen molar-refractivity contribution in [2.45, 2.75) is 20.3 Å². The Morgan fingerprint density at radius 3 is 2.72 bits per heavy atom. The van der Waals surface area contributed by atoms with Crippen molar-refractivity contribution in [1.82, 2.24) is 4.90 Å². The minimum Gasteiger partial charge on any atom is -0.398 e. The van der Waals surface area contributed by atoms with Gasteiger partial charge in [0.05, 0.1) is 12.5 Å². The van der Waals surface area contributed by atoms with Gasteiger partial charge in [0.15, 0.2) is 0 Å². The molecule has 0 spiro atoms. The summed E-state index contributed by atoms with van der Waals surface area (Å²) in [5, 5.41) is 8.52. The molecule has 0 unspecified atom stereocenters. The van der Waals surface area contributed by atoms with Gasteiger partial charge in [-0.25, -0.2) is 4.39 Å². The van der Waals surface area contributed by atoms with Crippen LogP contribution in [-0.4, -0.2) is 23.9 Å². The van der Waals surface area contributed by atoms with Gasteiger partial charge in [0.1, 0.15) is 5.82 Å². The number of hydrogen-bond donors (Lipinski definition) is 1. The van der Waals surface area contributed by atoms with Crippen molar-refractivity contribution in [1.29, 1.82) is 5.26 Å². The highest BCUT2D eigenvalue weighted by Crippen LogP contribution is 2.18. The summed E-state index contributed by atoms with van der Waals surface area (Å²) in [6, 6.07) is 4.63. The van der Waals surface area contributed by atoms with Crippen molar-refractivity contribution >= 4 is 11.6 Å². The molecule has 1 rings (SSSR count). The van der Waals surface area contributed by atoms with E-state index in [2.05, 4.69) is 0 Å². The van der Waals surface area contributed by atoms with Gasteiger partial charge in [0.2, 0.25) is 0 Å². The zero-order valence-electron chi connectivity index (χ0n) is 10.5. The lowest BCUT2D eigenvalue weighted by molar-refractivity contribution is 0.0767. The number of nitrogens with zero attached hydrogens (tertiary/aromatic N) is 2. The van der Waals surface area contributed by atoms with Crippen LogP contribution in [0.3, 0.4) is 0 Å². The van der Waals surface area contributed by atoms with Gasteiger partial charge in [-0.3, -0.25) is 4.79 Å². The quantitative estimate of drug-likeness (QED) is 0.830. The second kappa shape index (κ2) is 6.01. The molecule has 0 aromatic heterocycles. The zero-order valence-corrected chi connectivity index (χ0v) is 10.5. The monoisotopic (exact) mass is 249 g/mol. The minimum atomic E-state index is -0.491. The van der Waals surface area contributed by atoms with Crippen LogP contribution in [0.1, 0.15) is 29.3 Å². The van der Waals surface area contributed by atoms with E-state index in [0.29, 0.717) is 18.7 Å². The molecule has 96 valence electrons. The summed E-state index contributed by atoms with van der Waals surface area (Å²) in [4.78, 5) is 13.6. The standard InChI is InChI=1S/C13H16FN3O/c1-3-17(6-4-5-15)13(18)10-7-11(14)9(2)12(16)8-10/h7-8H,3-4,6,16H2,1-2H3. The predicted molar refractivity (Wildman–Crippen MR) is 67.4 cm³/mol. The predicted octanol–water partition coefficient (Wildman–Crippen LogP) is 2.09. The molecule has 0 heterocycles. The Bertz CT molecular complexity index is 470. The molecule has 1 aromatic rings. The Balaban J connectivity index is 2.99. The number of nitriles is 1. The van der Waals surface area contributed by atoms with E-state index in [1.165, 1.54) is 17.0 Å². The van der Waals surface area contributed by atoms with Gasteiger partial charge >= 0.3 is 0 Å². The number of hydrogen-bond acceptors (Lipinski definition) is 3. The van der Waals surface area contributed by atoms with Crippen LogP contribution in [0.5, 0.6) is 0 Å². The molecule has 1 aromatic carbocycles. The van der Waals surface area contributed by atoms with Crippen molar-refractivity contribution in [2.75, 3.05) is 18.8 Å². The molecule has 0 radical (unpaired) electrons. The number of carbonyl (C=O) groups is 1. The molecule has 0 fully saturated rings. The number of rotatable bonds is 4. The van der Waals surface area contributed by atoms with Crippen molar-refractivity contribution in [3.8, 4) is 6.07 Å². The molecular formula is C13H16FN3O. The van der Waals surface area contributed by atoms with E-state index in [0.717, 1.165) is 0 Å². The third-order valence-corrected chi connectivity index (χ3v) is 2.79. The molecule has 0 atom stereocenters. The smallest absolute Gasteiger partial charge is 0.254 e. The van der Waals surface area contributed by atoms with Crippen LogP contribution in [-0.2, 0) is 0 Å². The van der Waals surface area contributed by atoms with E-state index in [-0.39, 0.29) is 23.6 Å². The highest BCUT2D eigenvalue weighted by Gasteiger charge is 2.16. The highest BCUT2D eigenvalue weighted by atomic mass is 19.1. The Morgan fingerprint density at radius 2 is 2.22 bits per heavy atom. The lowest BCUT2D eigenvalue weighted by Gasteiger charge is -2.20. The third kappa shape index (κ3) is 2.98. The Hall–Kier alpha value is -2.09. The summed E-state index contributed by atoms with van der Waals surface area (Å²) >= 11 is 0. The van der Waals surface area contributed by atoms with Crippen molar-refractivity contribution < 1.29 is 9.18 Å². The van der Waals surface area contributed by atoms with E-state index < -0.39 is 5.82 Å². The number of halogens is 1. The lowest BCUT2D eigenvalue weighted by atomic mass is 10.1. The van der Waals surface area contributed by atoms with Crippen LogP contribution in [0, 0.1) is 24.1 Å². The van der Waals surface area contributed by atoms with Crippen LogP contribution < -0.4 is 5.73 Å². The SMILES string of the molecule is CCN(CCC#N)C(=O)c1cc(N)c(C)c(F)c1. The fourth-order valence-electron chi connectivity index (χ4n) is 1.59. The van der Waals surface area contributed by atoms with Gasteiger partial charge in [-0.1, -0.05) is 0 Å². The number of nitrogens with two attached hydrogens (primary N) is 1. The van der Waals surface area contributed by atoms with Gasteiger partial charge < -0.3 is 10.6 Å². The van der Waals surface area contributed by atoms with E-state index in [9.17, 15) is 9.18 Å². The molecule has 0 aliphatic carbocycles. The molecule has 1 amide bonds. The fraction of sp³-hybridized carbons (Fsp3) is 0.385. The summed E-state index contributed by atoms with van der Waals surface area (Å²) in [6.07, 6.45) is 0.253. The van der Waals surface area contributed by atoms with Gasteiger partial charge in [-0.15, -0.1) is 0 Å². The topological polar surface area (TPSA) is 70.1 Å². The molecule has 0 saturated carbocycles. The first kappa shape index (κ1) is 14.0. The summed E-state index contributed by atoms with van der Waals surface area (Å²) < 4.78 is 13.5. The normalized spacial score (nSPS) is 9.89. The van der Waals surface area contributed by atoms with E-state index >= 15 is 0 Å². The van der Waals surface area contributed by atoms with Crippen molar-refractivity contribution in [3.05, 3.63) is 29.1 Å². The Labute approximate surface area is 106 Å². The van der Waals surface area contributed by atoms with Crippen LogP contribution in [0.15, 0.2) is 12.1 Å². The molecule has 0 saturated heterocycles. The molecule has 5 heteroatoms. The summed E-state index contributed by atoms with van der Waals surface area (Å²) in [5.74, 6) is -0.798. The maximum Gasteiger partial charge on any atom is 0.254 e. The maximum atomic E-state index is 13.5. The summed E-state index contributed by atoms with van der Waals surface area (Å²) in [6.45, 7) is 4.17. The van der Waals surface area contributed by atoms with E-state index in [1.54, 1.807) is 6.92 Å². The average Bonchev–Trinajstić information content (AvgIpc) is 2.36. The Morgan fingerprint density at radius 1 is 1.56 bits per heavy atom. The fourth-order valence-corrected chi connectivity index (χ4v) is 1.59. The second-order valence-electron chi connectivity index (χ2n) is 3.97. The third-order valence-electron chi connectivity index (χ3n) is 2.79. The number of nitrogen functional groups attached to an aromatic ring is 1. The first-order valence-corrected chi connectivity index (χ1v) is 5.73. The van der Waals surface area contributed by atoms with Crippen molar-refractivity contribution in [2.24, 2.45) is 0 Å². The number of carbonyl (C=O) groups excluding carboxylic acids is 1. The zero-order chi connectivity index (χ0) is 13.7. The summed E-state index contributed by atoms with van der Waals surface area (Å²) in [5.41, 5.74) is 6.45. The van der Waals surface area contributed by atoms with Gasteiger partial charge in [0, 0.05) is 29.9 Å². The number of benzene rings is 1. The lowest BCUT2D eigenvalue weighted by Crippen LogP contribution is -2.31. The molecule has 0 aliphatic heterocycles. The van der Waals surface area contributed by atoms with Crippen molar-refractivity contribution in [3.63, 3.8) is 0 Å². The Kier molecular flexibility index (Phi) is 4.67. The van der Waals surface area contributed by atoms with E-state index in [1.807, 2.05) is 13.0 Å². The number of anilines is 1. The molecule has 2 N–H and O–H groups in total. The van der Waals surface area contributed by atoms with Crippen LogP contribution in [0.25, 0.3) is 0 Å². The highest BCUT2D eigenvalue weighted by molar-refractivity contribution is 5.95. The minimum absolute atomic E-state index is 0.218. The maximum absolute atomic E-state index is 13.5. The summed E-state index contributed by atoms with van der Waals surface area (Å²) in [7, 11) is 0. The van der Waals surface area contributed by atoms with Gasteiger partial charge in [-0.05, 0) is 26.0 Å². The first-order valence-electron chi connectivity index (χ1n) is 5.73. The molecule has 0 aliphatic rings. The van der Waals surface area contributed by atoms with Crippen LogP contribution in [0.2, 0.25) is 0 Å². The van der Waals surface area contributed by atoms with Crippen LogP contribution >= 0.6 is 0 Å². The van der Waals surface area contributed by atoms with E-state index in [4.69, 9.17) is 11.0 Å². The molecule has 0 bridgehead atoms. The molecule has 18 heavy (non-hydrogen) atoms. The first-order chi connectivity index (χ1) is 8.51. The largest absolute Gasteiger partial charge is 0.398 e. The van der Waals surface area contributed by atoms with Gasteiger partial charge in [0.25, 0.3) is 5.91 Å². The van der Waals surface area contributed by atoms with Crippen LogP contribution in [0.4, 0.5) is 10.1 Å². The van der Waals surface area contributed by atoms with Gasteiger partial charge in [-0.2, -0.15) is 5.26 Å². The molecule has 4 nitrogen and oxygen atoms in total. The molecular weight excluding hydrogens is 233 g/mol. The average molecular weight is 249 g/mol.